The molecule has 0 aliphatic heterocycles. The second-order valence-corrected chi connectivity index (χ2v) is 11.3. The van der Waals surface area contributed by atoms with Crippen molar-refractivity contribution < 1.29 is 14.1 Å². The van der Waals surface area contributed by atoms with Crippen molar-refractivity contribution in [2.45, 2.75) is 75.7 Å². The third kappa shape index (κ3) is 4.09. The van der Waals surface area contributed by atoms with E-state index in [1.54, 1.807) is 13.8 Å². The Morgan fingerprint density at radius 3 is 2.65 bits per heavy atom. The number of nitrogens with one attached hydrogen (secondary N) is 1. The largest absolute Gasteiger partial charge is 0.384 e. The predicted molar refractivity (Wildman–Crippen MR) is 119 cm³/mol. The number of hydrogen-bond donors (Lipinski definition) is 3. The summed E-state index contributed by atoms with van der Waals surface area (Å²) in [6.45, 7) is 7.53. The van der Waals surface area contributed by atoms with E-state index in [9.17, 15) is 14.1 Å². The molecule has 1 atom stereocenters. The third-order valence-corrected chi connectivity index (χ3v) is 7.47. The minimum Gasteiger partial charge on any atom is -0.384 e. The lowest BCUT2D eigenvalue weighted by Crippen LogP contribution is -2.21. The van der Waals surface area contributed by atoms with Crippen molar-refractivity contribution in [3.8, 4) is 0 Å². The first-order chi connectivity index (χ1) is 14.4. The molecule has 9 heteroatoms. The first-order valence-corrected chi connectivity index (χ1v) is 12.1. The van der Waals surface area contributed by atoms with Crippen LogP contribution in [0.3, 0.4) is 0 Å². The molecule has 8 nitrogen and oxygen atoms in total. The summed E-state index contributed by atoms with van der Waals surface area (Å²) in [5.41, 5.74) is 4.15. The van der Waals surface area contributed by atoms with Crippen LogP contribution in [-0.2, 0) is 40.2 Å². The number of aromatic nitrogens is 2. The van der Waals surface area contributed by atoms with E-state index in [0.717, 1.165) is 60.3 Å². The zero-order valence-electron chi connectivity index (χ0n) is 18.4. The number of nitrogens with two attached hydrogens (primary N) is 1. The predicted octanol–water partition coefficient (Wildman–Crippen LogP) is 3.35. The molecule has 0 saturated carbocycles. The Morgan fingerprint density at radius 2 is 2.00 bits per heavy atom. The zero-order valence-corrected chi connectivity index (χ0v) is 19.2. The van der Waals surface area contributed by atoms with Gasteiger partial charge in [-0.1, -0.05) is 13.8 Å². The fourth-order valence-electron chi connectivity index (χ4n) is 4.35. The van der Waals surface area contributed by atoms with Crippen LogP contribution in [0, 0.1) is 0 Å². The smallest absolute Gasteiger partial charge is 0.354 e. The summed E-state index contributed by atoms with van der Waals surface area (Å²) < 4.78 is 16.7. The van der Waals surface area contributed by atoms with Gasteiger partial charge in [-0.3, -0.25) is 9.97 Å². The van der Waals surface area contributed by atoms with Crippen LogP contribution in [0.15, 0.2) is 27.6 Å². The molecule has 2 aromatic heterocycles. The van der Waals surface area contributed by atoms with Crippen LogP contribution in [-0.4, -0.2) is 25.3 Å². The van der Waals surface area contributed by atoms with Gasteiger partial charge in [0.15, 0.2) is 0 Å². The molecule has 4 rings (SSSR count). The van der Waals surface area contributed by atoms with E-state index < -0.39 is 21.5 Å². The van der Waals surface area contributed by atoms with Gasteiger partial charge < -0.3 is 10.4 Å². The number of carbonyl (C=O) groups excluding carboxylic acids is 1. The summed E-state index contributed by atoms with van der Waals surface area (Å²) >= 11 is 0. The van der Waals surface area contributed by atoms with Crippen molar-refractivity contribution in [2.75, 3.05) is 5.32 Å². The molecule has 2 aromatic rings. The molecule has 1 unspecified atom stereocenters. The van der Waals surface area contributed by atoms with Gasteiger partial charge in [-0.05, 0) is 69.2 Å². The number of amides is 2. The van der Waals surface area contributed by atoms with E-state index in [-0.39, 0.29) is 10.3 Å². The van der Waals surface area contributed by atoms with Crippen LogP contribution in [0.25, 0.3) is 0 Å². The molecule has 2 aliphatic rings. The molecule has 166 valence electrons. The lowest BCUT2D eigenvalue weighted by molar-refractivity contribution is 0.0737. The number of pyridine rings is 2. The molecule has 0 spiro atoms. The Labute approximate surface area is 183 Å². The Morgan fingerprint density at radius 1 is 1.26 bits per heavy atom. The number of nitrogens with zero attached hydrogens (tertiary/aromatic N) is 3. The number of rotatable bonds is 3. The fraction of sp³-hybridized carbons (Fsp3) is 0.500. The van der Waals surface area contributed by atoms with Crippen molar-refractivity contribution in [2.24, 2.45) is 9.50 Å². The molecular weight excluding hydrogens is 414 g/mol. The standard InChI is InChI=1S/C22H29N5O3S/c1-21(2)11-10-15-18(14-6-5-7-16(14)25-19(15)21)26-20(28)27-31(23,30)13-8-9-17(24-12-13)22(3,4)29/h8-9,12,29H,5-7,10-11H2,1-4H3,(H3,23,25,26,27,28,30). The summed E-state index contributed by atoms with van der Waals surface area (Å²) in [6, 6.07) is 2.26. The van der Waals surface area contributed by atoms with Gasteiger partial charge >= 0.3 is 6.03 Å². The van der Waals surface area contributed by atoms with E-state index in [0.29, 0.717) is 5.69 Å². The molecule has 0 bridgehead atoms. The van der Waals surface area contributed by atoms with Crippen LogP contribution in [0.4, 0.5) is 10.5 Å². The van der Waals surface area contributed by atoms with E-state index >= 15 is 0 Å². The first kappa shape index (κ1) is 21.9. The van der Waals surface area contributed by atoms with Gasteiger partial charge in [-0.15, -0.1) is 4.36 Å². The molecule has 4 N–H and O–H groups in total. The molecular formula is C22H29N5O3S. The van der Waals surface area contributed by atoms with Crippen molar-refractivity contribution in [1.82, 2.24) is 9.97 Å². The molecule has 0 radical (unpaired) electrons. The minimum atomic E-state index is -3.49. The summed E-state index contributed by atoms with van der Waals surface area (Å²) in [5, 5.41) is 18.8. The average Bonchev–Trinajstić information content (AvgIpc) is 3.25. The van der Waals surface area contributed by atoms with Crippen molar-refractivity contribution in [3.05, 3.63) is 46.5 Å². The summed E-state index contributed by atoms with van der Waals surface area (Å²) in [6.07, 6.45) is 5.83. The molecule has 0 fully saturated rings. The van der Waals surface area contributed by atoms with E-state index in [1.165, 1.54) is 18.3 Å². The summed E-state index contributed by atoms with van der Waals surface area (Å²) in [4.78, 5) is 21.9. The van der Waals surface area contributed by atoms with Gasteiger partial charge in [0, 0.05) is 17.3 Å². The van der Waals surface area contributed by atoms with Crippen molar-refractivity contribution >= 4 is 21.6 Å². The lowest BCUT2D eigenvalue weighted by atomic mass is 9.90. The highest BCUT2D eigenvalue weighted by molar-refractivity contribution is 7.91. The van der Waals surface area contributed by atoms with Crippen LogP contribution in [0.5, 0.6) is 0 Å². The highest BCUT2D eigenvalue weighted by Gasteiger charge is 2.36. The van der Waals surface area contributed by atoms with Gasteiger partial charge in [-0.2, -0.15) is 0 Å². The summed E-state index contributed by atoms with van der Waals surface area (Å²) in [5.74, 6) is 0. The fourth-order valence-corrected chi connectivity index (χ4v) is 5.22. The van der Waals surface area contributed by atoms with Gasteiger partial charge in [0.25, 0.3) is 0 Å². The molecule has 31 heavy (non-hydrogen) atoms. The molecule has 0 aromatic carbocycles. The Bertz CT molecular complexity index is 1170. The number of hydrogen-bond acceptors (Lipinski definition) is 5. The van der Waals surface area contributed by atoms with Crippen LogP contribution in [0.2, 0.25) is 0 Å². The van der Waals surface area contributed by atoms with Gasteiger partial charge in [0.1, 0.15) is 15.5 Å². The Kier molecular flexibility index (Phi) is 5.19. The monoisotopic (exact) mass is 443 g/mol. The third-order valence-electron chi connectivity index (χ3n) is 6.12. The maximum absolute atomic E-state index is 13.0. The van der Waals surface area contributed by atoms with Crippen LogP contribution >= 0.6 is 0 Å². The normalized spacial score (nSPS) is 18.8. The Balaban J connectivity index is 1.66. The van der Waals surface area contributed by atoms with Gasteiger partial charge in [0.2, 0.25) is 0 Å². The summed E-state index contributed by atoms with van der Waals surface area (Å²) in [7, 11) is -3.49. The molecule has 2 amide bonds. The van der Waals surface area contributed by atoms with Crippen molar-refractivity contribution in [3.63, 3.8) is 0 Å². The number of anilines is 1. The Hall–Kier alpha value is -2.36. The SMILES string of the molecule is CC(C)(O)c1ccc(S(N)(=O)=NC(=O)Nc2c3c(nc4c2CCC4(C)C)CCC3)cn1. The molecule has 0 saturated heterocycles. The number of carbonyl (C=O) groups is 1. The minimum absolute atomic E-state index is 0.0428. The number of fused-ring (bicyclic) bond motifs is 2. The quantitative estimate of drug-likeness (QED) is 0.669. The van der Waals surface area contributed by atoms with E-state index in [4.69, 9.17) is 10.1 Å². The maximum Gasteiger partial charge on any atom is 0.354 e. The maximum atomic E-state index is 13.0. The van der Waals surface area contributed by atoms with Gasteiger partial charge in [-0.25, -0.2) is 14.1 Å². The van der Waals surface area contributed by atoms with E-state index in [2.05, 4.69) is 28.5 Å². The lowest BCUT2D eigenvalue weighted by Gasteiger charge is -2.20. The zero-order chi connectivity index (χ0) is 22.6. The molecule has 2 aliphatic carbocycles. The van der Waals surface area contributed by atoms with E-state index in [1.807, 2.05) is 0 Å². The highest BCUT2D eigenvalue weighted by atomic mass is 32.2. The average molecular weight is 444 g/mol. The number of aliphatic hydroxyl groups is 1. The second-order valence-electron chi connectivity index (χ2n) is 9.50. The topological polar surface area (TPSA) is 131 Å². The highest BCUT2D eigenvalue weighted by Crippen LogP contribution is 2.44. The second kappa shape index (κ2) is 7.36. The molecule has 2 heterocycles. The van der Waals surface area contributed by atoms with Crippen LogP contribution in [0.1, 0.15) is 68.7 Å². The number of urea groups is 1. The first-order valence-electron chi connectivity index (χ1n) is 10.5. The van der Waals surface area contributed by atoms with Crippen molar-refractivity contribution in [1.29, 1.82) is 0 Å². The van der Waals surface area contributed by atoms with Gasteiger partial charge in [0.05, 0.1) is 22.0 Å². The number of aryl methyl sites for hydroxylation is 1. The van der Waals surface area contributed by atoms with Crippen LogP contribution < -0.4 is 10.5 Å².